The largest absolute Gasteiger partial charge is 0.573 e. The van der Waals surface area contributed by atoms with Crippen molar-refractivity contribution in [3.8, 4) is 11.5 Å². The maximum atomic E-state index is 14.5. The number of guanidine groups is 1. The Kier molecular flexibility index (Phi) is 5.72. The topological polar surface area (TPSA) is 80.9 Å². The number of hydrogen-bond acceptors (Lipinski definition) is 6. The summed E-state index contributed by atoms with van der Waals surface area (Å²) in [4.78, 5) is 3.93. The molecule has 0 fully saturated rings. The number of nitrogens with one attached hydrogen (secondary N) is 2. The van der Waals surface area contributed by atoms with E-state index in [0.29, 0.717) is 0 Å². The minimum atomic E-state index is -4.97. The monoisotopic (exact) mass is 450 g/mol. The van der Waals surface area contributed by atoms with E-state index in [4.69, 9.17) is 5.73 Å². The van der Waals surface area contributed by atoms with Crippen molar-refractivity contribution in [1.82, 2.24) is 5.32 Å². The van der Waals surface area contributed by atoms with Crippen molar-refractivity contribution >= 4 is 11.6 Å². The Morgan fingerprint density at radius 3 is 2.10 bits per heavy atom. The van der Waals surface area contributed by atoms with Gasteiger partial charge in [0, 0.05) is 23.5 Å². The fraction of sp³-hybridized carbons (Fsp3) is 0.167. The van der Waals surface area contributed by atoms with Crippen molar-refractivity contribution < 1.29 is 40.2 Å². The molecule has 0 bridgehead atoms. The van der Waals surface area contributed by atoms with E-state index >= 15 is 0 Å². The first-order valence-corrected chi connectivity index (χ1v) is 8.35. The lowest BCUT2D eigenvalue weighted by Crippen LogP contribution is -2.44. The Morgan fingerprint density at radius 1 is 0.903 bits per heavy atom. The van der Waals surface area contributed by atoms with Crippen molar-refractivity contribution in [1.29, 1.82) is 0 Å². The van der Waals surface area contributed by atoms with Gasteiger partial charge in [-0.25, -0.2) is 9.38 Å². The Bertz CT molecular complexity index is 1020. The molecule has 13 heteroatoms. The molecule has 0 amide bonds. The van der Waals surface area contributed by atoms with E-state index in [1.165, 1.54) is 24.3 Å². The molecule has 3 rings (SSSR count). The van der Waals surface area contributed by atoms with Gasteiger partial charge < -0.3 is 20.1 Å². The van der Waals surface area contributed by atoms with Gasteiger partial charge in [-0.2, -0.15) is 0 Å². The standard InChI is InChI=1S/C18H13F7N4O2/c19-14-9-27-15(28-11-4-2-6-13(8-11)31-18(23,24)25)29-16(14,26)10-3-1-5-12(7-10)30-17(20,21)22/h1-9H,26H2,(H2,27,28,29). The maximum Gasteiger partial charge on any atom is 0.573 e. The van der Waals surface area contributed by atoms with E-state index in [9.17, 15) is 30.7 Å². The van der Waals surface area contributed by atoms with Crippen LogP contribution in [-0.4, -0.2) is 18.7 Å². The Hall–Kier alpha value is -3.48. The van der Waals surface area contributed by atoms with Crippen LogP contribution in [0.15, 0.2) is 65.6 Å². The van der Waals surface area contributed by atoms with Gasteiger partial charge in [-0.1, -0.05) is 18.2 Å². The van der Waals surface area contributed by atoms with E-state index in [-0.39, 0.29) is 17.2 Å². The second-order valence-corrected chi connectivity index (χ2v) is 6.14. The van der Waals surface area contributed by atoms with Gasteiger partial charge in [0.15, 0.2) is 11.5 Å². The van der Waals surface area contributed by atoms with Crippen LogP contribution in [0.2, 0.25) is 0 Å². The van der Waals surface area contributed by atoms with Crippen LogP contribution in [0.25, 0.3) is 0 Å². The van der Waals surface area contributed by atoms with Crippen LogP contribution in [0.5, 0.6) is 11.5 Å². The normalized spacial score (nSPS) is 19.1. The van der Waals surface area contributed by atoms with Crippen molar-refractivity contribution in [3.63, 3.8) is 0 Å². The van der Waals surface area contributed by atoms with Gasteiger partial charge in [0.25, 0.3) is 0 Å². The number of halogens is 7. The molecule has 1 heterocycles. The number of aliphatic imine (C=N–C) groups is 1. The number of nitrogens with zero attached hydrogens (tertiary/aromatic N) is 1. The van der Waals surface area contributed by atoms with E-state index in [0.717, 1.165) is 30.5 Å². The number of rotatable bonds is 4. The van der Waals surface area contributed by atoms with Crippen molar-refractivity contribution in [3.05, 3.63) is 66.1 Å². The summed E-state index contributed by atoms with van der Waals surface area (Å²) in [5, 5.41) is 5.00. The molecule has 31 heavy (non-hydrogen) atoms. The molecule has 0 aromatic heterocycles. The van der Waals surface area contributed by atoms with Crippen LogP contribution in [0.3, 0.4) is 0 Å². The lowest BCUT2D eigenvalue weighted by Gasteiger charge is -2.29. The highest BCUT2D eigenvalue weighted by Crippen LogP contribution is 2.34. The molecule has 6 nitrogen and oxygen atoms in total. The third-order valence-corrected chi connectivity index (χ3v) is 3.83. The molecule has 166 valence electrons. The first-order valence-electron chi connectivity index (χ1n) is 8.35. The zero-order chi connectivity index (χ0) is 22.9. The molecule has 2 aromatic rings. The predicted molar refractivity (Wildman–Crippen MR) is 95.5 cm³/mol. The highest BCUT2D eigenvalue weighted by Gasteiger charge is 2.37. The maximum absolute atomic E-state index is 14.5. The molecule has 1 atom stereocenters. The smallest absolute Gasteiger partial charge is 0.406 e. The fourth-order valence-corrected chi connectivity index (χ4v) is 2.61. The molecular weight excluding hydrogens is 437 g/mol. The summed E-state index contributed by atoms with van der Waals surface area (Å²) in [6.07, 6.45) is -9.06. The first-order chi connectivity index (χ1) is 14.3. The zero-order valence-corrected chi connectivity index (χ0v) is 15.2. The number of alkyl halides is 6. The van der Waals surface area contributed by atoms with Gasteiger partial charge in [-0.15, -0.1) is 26.3 Å². The molecule has 0 aliphatic carbocycles. The van der Waals surface area contributed by atoms with Crippen LogP contribution < -0.4 is 25.8 Å². The number of hydrogen-bond donors (Lipinski definition) is 3. The molecule has 2 aromatic carbocycles. The second kappa shape index (κ2) is 7.98. The lowest BCUT2D eigenvalue weighted by atomic mass is 9.98. The van der Waals surface area contributed by atoms with E-state index in [1.807, 2.05) is 0 Å². The quantitative estimate of drug-likeness (QED) is 0.599. The van der Waals surface area contributed by atoms with Crippen LogP contribution in [0.1, 0.15) is 5.56 Å². The SMILES string of the molecule is NC1(c2cccc(OC(F)(F)F)c2)N=C(Nc2cccc(OC(F)(F)F)c2)NC=C1F. The highest BCUT2D eigenvalue weighted by atomic mass is 19.4. The average molecular weight is 450 g/mol. The molecule has 1 aliphatic heterocycles. The zero-order valence-electron chi connectivity index (χ0n) is 15.2. The fourth-order valence-electron chi connectivity index (χ4n) is 2.61. The minimum absolute atomic E-state index is 0.0835. The Morgan fingerprint density at radius 2 is 1.48 bits per heavy atom. The van der Waals surface area contributed by atoms with E-state index in [2.05, 4.69) is 25.1 Å². The van der Waals surface area contributed by atoms with Crippen molar-refractivity contribution in [2.45, 2.75) is 18.4 Å². The van der Waals surface area contributed by atoms with Crippen molar-refractivity contribution in [2.75, 3.05) is 5.32 Å². The minimum Gasteiger partial charge on any atom is -0.406 e. The molecule has 1 unspecified atom stereocenters. The molecule has 0 saturated carbocycles. The summed E-state index contributed by atoms with van der Waals surface area (Å²) in [6, 6.07) is 8.97. The third kappa shape index (κ3) is 5.78. The summed E-state index contributed by atoms with van der Waals surface area (Å²) in [5.74, 6) is -2.37. The van der Waals surface area contributed by atoms with Gasteiger partial charge in [0.05, 0.1) is 0 Å². The number of nitrogens with two attached hydrogens (primary N) is 1. The molecule has 0 radical (unpaired) electrons. The summed E-state index contributed by atoms with van der Waals surface area (Å²) < 4.78 is 96.6. The van der Waals surface area contributed by atoms with E-state index < -0.39 is 35.7 Å². The van der Waals surface area contributed by atoms with E-state index in [1.54, 1.807) is 0 Å². The summed E-state index contributed by atoms with van der Waals surface area (Å²) in [5.41, 5.74) is 3.68. The van der Waals surface area contributed by atoms with Crippen LogP contribution in [0.4, 0.5) is 36.4 Å². The number of anilines is 1. The average Bonchev–Trinajstić information content (AvgIpc) is 2.62. The molecule has 4 N–H and O–H groups in total. The van der Waals surface area contributed by atoms with Crippen molar-refractivity contribution in [2.24, 2.45) is 10.7 Å². The van der Waals surface area contributed by atoms with Gasteiger partial charge in [0.1, 0.15) is 11.5 Å². The molecular formula is C18H13F7N4O2. The Labute approximate surface area is 170 Å². The molecule has 0 saturated heterocycles. The predicted octanol–water partition coefficient (Wildman–Crippen LogP) is 4.48. The number of ether oxygens (including phenoxy) is 2. The number of benzene rings is 2. The lowest BCUT2D eigenvalue weighted by molar-refractivity contribution is -0.275. The van der Waals surface area contributed by atoms with Crippen LogP contribution >= 0.6 is 0 Å². The van der Waals surface area contributed by atoms with Crippen LogP contribution in [-0.2, 0) is 5.66 Å². The van der Waals surface area contributed by atoms with Gasteiger partial charge in [-0.05, 0) is 24.3 Å². The summed E-state index contributed by atoms with van der Waals surface area (Å²) in [6.45, 7) is 0. The van der Waals surface area contributed by atoms with Gasteiger partial charge in [-0.3, -0.25) is 5.73 Å². The first kappa shape index (κ1) is 22.2. The highest BCUT2D eigenvalue weighted by molar-refractivity contribution is 5.95. The summed E-state index contributed by atoms with van der Waals surface area (Å²) in [7, 11) is 0. The molecule has 0 spiro atoms. The van der Waals surface area contributed by atoms with Gasteiger partial charge >= 0.3 is 12.7 Å². The third-order valence-electron chi connectivity index (χ3n) is 3.83. The van der Waals surface area contributed by atoms with Gasteiger partial charge in [0.2, 0.25) is 5.96 Å². The Balaban J connectivity index is 1.87. The van der Waals surface area contributed by atoms with Crippen LogP contribution in [0, 0.1) is 0 Å². The second-order valence-electron chi connectivity index (χ2n) is 6.14. The summed E-state index contributed by atoms with van der Waals surface area (Å²) >= 11 is 0. The molecule has 1 aliphatic rings.